The molecule has 0 spiro atoms. The van der Waals surface area contributed by atoms with Gasteiger partial charge < -0.3 is 15.0 Å². The van der Waals surface area contributed by atoms with Gasteiger partial charge in [-0.3, -0.25) is 0 Å². The van der Waals surface area contributed by atoms with Gasteiger partial charge in [-0.15, -0.1) is 0 Å². The van der Waals surface area contributed by atoms with Crippen LogP contribution >= 0.6 is 15.9 Å². The fourth-order valence-electron chi connectivity index (χ4n) is 1.42. The average molecular weight is 233 g/mol. The Morgan fingerprint density at radius 1 is 1.58 bits per heavy atom. The molecular formula is C7H9BrN2O2. The van der Waals surface area contributed by atoms with Gasteiger partial charge in [0.15, 0.2) is 4.60 Å². The average Bonchev–Trinajstić information content (AvgIpc) is 2.61. The summed E-state index contributed by atoms with van der Waals surface area (Å²) in [6.07, 6.45) is 0.990. The molecule has 2 rings (SSSR count). The van der Waals surface area contributed by atoms with E-state index in [-0.39, 0.29) is 0 Å². The zero-order valence-corrected chi connectivity index (χ0v) is 8.00. The monoisotopic (exact) mass is 232 g/mol. The summed E-state index contributed by atoms with van der Waals surface area (Å²) < 4.78 is 10.8. The Morgan fingerprint density at radius 3 is 2.92 bits per heavy atom. The highest BCUT2D eigenvalue weighted by molar-refractivity contribution is 9.10. The van der Waals surface area contributed by atoms with Crippen molar-refractivity contribution < 1.29 is 9.26 Å². The Labute approximate surface area is 78.2 Å². The van der Waals surface area contributed by atoms with E-state index in [0.29, 0.717) is 23.0 Å². The summed E-state index contributed by atoms with van der Waals surface area (Å²) >= 11 is 3.29. The summed E-state index contributed by atoms with van der Waals surface area (Å²) in [5.74, 6) is 0.739. The zero-order chi connectivity index (χ0) is 8.55. The molecule has 1 saturated heterocycles. The van der Waals surface area contributed by atoms with Crippen LogP contribution in [0.2, 0.25) is 0 Å². The van der Waals surface area contributed by atoms with E-state index in [0.717, 1.165) is 18.6 Å². The number of halogens is 1. The fourth-order valence-corrected chi connectivity index (χ4v) is 2.01. The van der Waals surface area contributed by atoms with Crippen molar-refractivity contribution in [3.8, 4) is 0 Å². The van der Waals surface area contributed by atoms with Crippen LogP contribution in [0.5, 0.6) is 0 Å². The molecule has 4 nitrogen and oxygen atoms in total. The van der Waals surface area contributed by atoms with Gasteiger partial charge in [-0.05, 0) is 22.4 Å². The lowest BCUT2D eigenvalue weighted by atomic mass is 10.0. The van der Waals surface area contributed by atoms with Crippen molar-refractivity contribution in [2.75, 3.05) is 18.9 Å². The normalized spacial score (nSPS) is 23.2. The zero-order valence-electron chi connectivity index (χ0n) is 6.42. The van der Waals surface area contributed by atoms with E-state index in [4.69, 9.17) is 15.0 Å². The molecule has 1 atom stereocenters. The maximum absolute atomic E-state index is 5.61. The first kappa shape index (κ1) is 8.07. The van der Waals surface area contributed by atoms with E-state index in [1.165, 1.54) is 0 Å². The second kappa shape index (κ2) is 3.06. The first-order valence-corrected chi connectivity index (χ1v) is 4.56. The van der Waals surface area contributed by atoms with Crippen LogP contribution in [0.3, 0.4) is 0 Å². The van der Waals surface area contributed by atoms with Crippen molar-refractivity contribution in [1.82, 2.24) is 5.16 Å². The molecule has 66 valence electrons. The summed E-state index contributed by atoms with van der Waals surface area (Å²) in [5.41, 5.74) is 6.56. The summed E-state index contributed by atoms with van der Waals surface area (Å²) in [5, 5.41) is 3.72. The number of hydrogen-bond donors (Lipinski definition) is 1. The van der Waals surface area contributed by atoms with Crippen LogP contribution in [0, 0.1) is 0 Å². The van der Waals surface area contributed by atoms with E-state index in [2.05, 4.69) is 21.1 Å². The van der Waals surface area contributed by atoms with Crippen molar-refractivity contribution in [3.63, 3.8) is 0 Å². The van der Waals surface area contributed by atoms with Gasteiger partial charge in [0.1, 0.15) is 0 Å². The van der Waals surface area contributed by atoms with Crippen molar-refractivity contribution >= 4 is 21.8 Å². The van der Waals surface area contributed by atoms with Crippen LogP contribution in [0.25, 0.3) is 0 Å². The predicted molar refractivity (Wildman–Crippen MR) is 46.8 cm³/mol. The number of aromatic nitrogens is 1. The summed E-state index contributed by atoms with van der Waals surface area (Å²) in [4.78, 5) is 0. The minimum absolute atomic E-state index is 0.339. The molecule has 0 aromatic carbocycles. The second-order valence-corrected chi connectivity index (χ2v) is 3.56. The third-order valence-corrected chi connectivity index (χ3v) is 2.62. The van der Waals surface area contributed by atoms with Crippen molar-refractivity contribution in [3.05, 3.63) is 10.2 Å². The van der Waals surface area contributed by atoms with Crippen LogP contribution < -0.4 is 5.73 Å². The Hall–Kier alpha value is -0.550. The van der Waals surface area contributed by atoms with Crippen molar-refractivity contribution in [1.29, 1.82) is 0 Å². The van der Waals surface area contributed by atoms with Crippen LogP contribution in [0.1, 0.15) is 17.9 Å². The Balaban J connectivity index is 2.30. The van der Waals surface area contributed by atoms with E-state index < -0.39 is 0 Å². The lowest BCUT2D eigenvalue weighted by Crippen LogP contribution is -2.00. The number of nitrogen functional groups attached to an aromatic ring is 1. The first-order valence-electron chi connectivity index (χ1n) is 3.77. The maximum Gasteiger partial charge on any atom is 0.226 e. The van der Waals surface area contributed by atoms with Crippen molar-refractivity contribution in [2.45, 2.75) is 12.3 Å². The summed E-state index contributed by atoms with van der Waals surface area (Å²) in [7, 11) is 0. The molecule has 0 aliphatic carbocycles. The lowest BCUT2D eigenvalue weighted by molar-refractivity contribution is 0.194. The van der Waals surface area contributed by atoms with Crippen LogP contribution in [0.15, 0.2) is 9.13 Å². The van der Waals surface area contributed by atoms with Gasteiger partial charge in [0.2, 0.25) is 5.88 Å². The molecule has 0 saturated carbocycles. The van der Waals surface area contributed by atoms with Crippen LogP contribution in [0.4, 0.5) is 5.88 Å². The molecular weight excluding hydrogens is 224 g/mol. The molecule has 2 N–H and O–H groups in total. The molecule has 1 unspecified atom stereocenters. The van der Waals surface area contributed by atoms with Gasteiger partial charge in [0.05, 0.1) is 12.2 Å². The Morgan fingerprint density at radius 2 is 2.42 bits per heavy atom. The number of nitrogens with two attached hydrogens (primary N) is 1. The highest BCUT2D eigenvalue weighted by Crippen LogP contribution is 2.34. The molecule has 1 fully saturated rings. The van der Waals surface area contributed by atoms with Gasteiger partial charge in [-0.25, -0.2) is 0 Å². The first-order chi connectivity index (χ1) is 5.79. The molecule has 1 aliphatic heterocycles. The third-order valence-electron chi connectivity index (χ3n) is 2.05. The minimum atomic E-state index is 0.339. The quantitative estimate of drug-likeness (QED) is 0.798. The Bertz CT molecular complexity index is 261. The van der Waals surface area contributed by atoms with Gasteiger partial charge in [0.25, 0.3) is 0 Å². The molecule has 2 heterocycles. The number of ether oxygens (including phenoxy) is 1. The fraction of sp³-hybridized carbons (Fsp3) is 0.571. The molecule has 12 heavy (non-hydrogen) atoms. The highest BCUT2D eigenvalue weighted by Gasteiger charge is 2.25. The van der Waals surface area contributed by atoms with Gasteiger partial charge >= 0.3 is 0 Å². The minimum Gasteiger partial charge on any atom is -0.381 e. The number of anilines is 1. The molecule has 1 aromatic heterocycles. The van der Waals surface area contributed by atoms with Crippen LogP contribution in [-0.4, -0.2) is 18.4 Å². The number of nitrogens with zero attached hydrogens (tertiary/aromatic N) is 1. The largest absolute Gasteiger partial charge is 0.381 e. The lowest BCUT2D eigenvalue weighted by Gasteiger charge is -2.03. The smallest absolute Gasteiger partial charge is 0.226 e. The molecule has 0 radical (unpaired) electrons. The van der Waals surface area contributed by atoms with Gasteiger partial charge in [0, 0.05) is 12.5 Å². The standard InChI is InChI=1S/C7H9BrN2O2/c8-6-5(7(9)12-10-6)4-1-2-11-3-4/h4H,1-3,9H2. The molecule has 0 amide bonds. The maximum atomic E-state index is 5.61. The number of hydrogen-bond acceptors (Lipinski definition) is 4. The Kier molecular flexibility index (Phi) is 2.06. The van der Waals surface area contributed by atoms with Gasteiger partial charge in [-0.1, -0.05) is 5.16 Å². The second-order valence-electron chi connectivity index (χ2n) is 2.81. The van der Waals surface area contributed by atoms with E-state index in [9.17, 15) is 0 Å². The predicted octanol–water partition coefficient (Wildman–Crippen LogP) is 1.52. The summed E-state index contributed by atoms with van der Waals surface area (Å²) in [6, 6.07) is 0. The molecule has 1 aliphatic rings. The van der Waals surface area contributed by atoms with E-state index >= 15 is 0 Å². The molecule has 1 aromatic rings. The molecule has 0 bridgehead atoms. The van der Waals surface area contributed by atoms with Crippen LogP contribution in [-0.2, 0) is 4.74 Å². The van der Waals surface area contributed by atoms with Gasteiger partial charge in [-0.2, -0.15) is 0 Å². The molecule has 5 heteroatoms. The van der Waals surface area contributed by atoms with Crippen molar-refractivity contribution in [2.24, 2.45) is 0 Å². The van der Waals surface area contributed by atoms with E-state index in [1.807, 2.05) is 0 Å². The third kappa shape index (κ3) is 1.23. The SMILES string of the molecule is Nc1onc(Br)c1C1CCOC1. The topological polar surface area (TPSA) is 61.3 Å². The summed E-state index contributed by atoms with van der Waals surface area (Å²) in [6.45, 7) is 1.51. The number of rotatable bonds is 1. The highest BCUT2D eigenvalue weighted by atomic mass is 79.9. The van der Waals surface area contributed by atoms with E-state index in [1.54, 1.807) is 0 Å².